The van der Waals surface area contributed by atoms with Crippen LogP contribution in [0.3, 0.4) is 0 Å². The summed E-state index contributed by atoms with van der Waals surface area (Å²) in [7, 11) is 2.21. The Bertz CT molecular complexity index is 958. The molecule has 0 aromatic heterocycles. The second kappa shape index (κ2) is 17.8. The SMILES string of the molecule is C=O.CC(=O)NCc1ccccc1.CN1CCC(c2ccccc2)CC1.O=Cc1ccc(F)cc1. The first kappa shape index (κ1) is 29.4. The molecule has 186 valence electrons. The maximum atomic E-state index is 12.1. The van der Waals surface area contributed by atoms with Crippen molar-refractivity contribution in [1.29, 1.82) is 0 Å². The average molecular weight is 479 g/mol. The van der Waals surface area contributed by atoms with Gasteiger partial charge in [-0.15, -0.1) is 0 Å². The molecule has 6 heteroatoms. The molecule has 35 heavy (non-hydrogen) atoms. The second-order valence-electron chi connectivity index (χ2n) is 8.05. The van der Waals surface area contributed by atoms with E-state index in [0.717, 1.165) is 11.5 Å². The van der Waals surface area contributed by atoms with Gasteiger partial charge in [-0.2, -0.15) is 0 Å². The van der Waals surface area contributed by atoms with Crippen molar-refractivity contribution < 1.29 is 18.8 Å². The first-order valence-corrected chi connectivity index (χ1v) is 11.5. The van der Waals surface area contributed by atoms with Crippen LogP contribution in [0.4, 0.5) is 4.39 Å². The van der Waals surface area contributed by atoms with E-state index in [4.69, 9.17) is 4.79 Å². The number of hydrogen-bond donors (Lipinski definition) is 1. The summed E-state index contributed by atoms with van der Waals surface area (Å²) in [6.45, 7) is 6.64. The number of carbonyl (C=O) groups is 3. The second-order valence-corrected chi connectivity index (χ2v) is 8.05. The highest BCUT2D eigenvalue weighted by molar-refractivity contribution is 5.74. The number of amides is 1. The summed E-state index contributed by atoms with van der Waals surface area (Å²) in [6, 6.07) is 26.1. The van der Waals surface area contributed by atoms with Crippen molar-refractivity contribution in [2.24, 2.45) is 0 Å². The number of nitrogens with zero attached hydrogens (tertiary/aromatic N) is 1. The lowest BCUT2D eigenvalue weighted by Crippen LogP contribution is -2.29. The number of benzene rings is 3. The zero-order chi connectivity index (χ0) is 25.9. The van der Waals surface area contributed by atoms with Crippen LogP contribution in [0.15, 0.2) is 84.9 Å². The Balaban J connectivity index is 0.000000257. The molecule has 1 aliphatic heterocycles. The third-order valence-corrected chi connectivity index (χ3v) is 5.38. The monoisotopic (exact) mass is 478 g/mol. The molecule has 4 rings (SSSR count). The van der Waals surface area contributed by atoms with Crippen LogP contribution in [0.25, 0.3) is 0 Å². The highest BCUT2D eigenvalue weighted by Gasteiger charge is 2.17. The zero-order valence-corrected chi connectivity index (χ0v) is 20.5. The van der Waals surface area contributed by atoms with Gasteiger partial charge in [0.05, 0.1) is 0 Å². The molecule has 0 bridgehead atoms. The lowest BCUT2D eigenvalue weighted by atomic mass is 9.90. The Morgan fingerprint density at radius 2 is 1.46 bits per heavy atom. The van der Waals surface area contributed by atoms with Crippen LogP contribution >= 0.6 is 0 Å². The molecule has 0 radical (unpaired) electrons. The van der Waals surface area contributed by atoms with Crippen LogP contribution in [-0.4, -0.2) is 44.0 Å². The van der Waals surface area contributed by atoms with Crippen molar-refractivity contribution in [3.05, 3.63) is 107 Å². The number of aldehydes is 1. The third kappa shape index (κ3) is 13.0. The molecule has 3 aromatic carbocycles. The Labute approximate surface area is 208 Å². The van der Waals surface area contributed by atoms with Crippen LogP contribution < -0.4 is 5.32 Å². The topological polar surface area (TPSA) is 66.5 Å². The summed E-state index contributed by atoms with van der Waals surface area (Å²) in [5.74, 6) is 0.492. The van der Waals surface area contributed by atoms with Crippen molar-refractivity contribution in [1.82, 2.24) is 10.2 Å². The smallest absolute Gasteiger partial charge is 0.217 e. The molecule has 1 amide bonds. The highest BCUT2D eigenvalue weighted by atomic mass is 19.1. The van der Waals surface area contributed by atoms with E-state index in [9.17, 15) is 14.0 Å². The molecule has 3 aromatic rings. The Morgan fingerprint density at radius 3 is 1.94 bits per heavy atom. The van der Waals surface area contributed by atoms with Crippen molar-refractivity contribution in [3.63, 3.8) is 0 Å². The minimum absolute atomic E-state index is 0.00820. The summed E-state index contributed by atoms with van der Waals surface area (Å²) in [5, 5.41) is 2.72. The molecule has 1 aliphatic rings. The fourth-order valence-electron chi connectivity index (χ4n) is 3.43. The van der Waals surface area contributed by atoms with Crippen LogP contribution in [0.2, 0.25) is 0 Å². The number of hydrogen-bond acceptors (Lipinski definition) is 4. The summed E-state index contributed by atoms with van der Waals surface area (Å²) in [6.07, 6.45) is 3.32. The summed E-state index contributed by atoms with van der Waals surface area (Å²) >= 11 is 0. The van der Waals surface area contributed by atoms with Crippen molar-refractivity contribution >= 4 is 19.0 Å². The van der Waals surface area contributed by atoms with Gasteiger partial charge < -0.3 is 15.0 Å². The summed E-state index contributed by atoms with van der Waals surface area (Å²) < 4.78 is 12.1. The molecule has 0 saturated carbocycles. The maximum absolute atomic E-state index is 12.1. The van der Waals surface area contributed by atoms with E-state index < -0.39 is 0 Å². The third-order valence-electron chi connectivity index (χ3n) is 5.38. The Morgan fingerprint density at radius 1 is 0.943 bits per heavy atom. The van der Waals surface area contributed by atoms with E-state index >= 15 is 0 Å². The van der Waals surface area contributed by atoms with Gasteiger partial charge in [-0.25, -0.2) is 4.39 Å². The van der Waals surface area contributed by atoms with Gasteiger partial charge in [0, 0.05) is 19.0 Å². The molecule has 1 heterocycles. The summed E-state index contributed by atoms with van der Waals surface area (Å²) in [4.78, 5) is 30.9. The fraction of sp³-hybridized carbons (Fsp3) is 0.276. The van der Waals surface area contributed by atoms with Gasteiger partial charge in [-0.3, -0.25) is 9.59 Å². The van der Waals surface area contributed by atoms with Gasteiger partial charge in [-0.1, -0.05) is 60.7 Å². The number of carbonyl (C=O) groups excluding carboxylic acids is 3. The number of piperidine rings is 1. The standard InChI is InChI=1S/C12H17N.C9H11NO.C7H5FO.CH2O/c1-13-9-7-12(8-10-13)11-5-3-2-4-6-11;1-8(11)10-7-9-5-3-2-4-6-9;8-7-3-1-6(5-9)2-4-7;1-2/h2-6,12H,7-10H2,1H3;2-6H,7H2,1H3,(H,10,11);1-5H;1H2. The van der Waals surface area contributed by atoms with E-state index in [0.29, 0.717) is 18.4 Å². The van der Waals surface area contributed by atoms with Gasteiger partial charge in [0.25, 0.3) is 0 Å². The molecule has 1 fully saturated rings. The first-order chi connectivity index (χ1) is 17.0. The lowest BCUT2D eigenvalue weighted by Gasteiger charge is -2.29. The molecule has 5 nitrogen and oxygen atoms in total. The first-order valence-electron chi connectivity index (χ1n) is 11.5. The highest BCUT2D eigenvalue weighted by Crippen LogP contribution is 2.26. The van der Waals surface area contributed by atoms with E-state index in [2.05, 4.69) is 47.6 Å². The molecule has 0 atom stereocenters. The van der Waals surface area contributed by atoms with E-state index in [1.807, 2.05) is 37.1 Å². The van der Waals surface area contributed by atoms with Gasteiger partial charge in [0.2, 0.25) is 5.91 Å². The van der Waals surface area contributed by atoms with Gasteiger partial charge in [0.1, 0.15) is 18.9 Å². The molecule has 1 saturated heterocycles. The van der Waals surface area contributed by atoms with Crippen molar-refractivity contribution in [2.75, 3.05) is 20.1 Å². The summed E-state index contributed by atoms with van der Waals surface area (Å²) in [5.41, 5.74) is 3.15. The van der Waals surface area contributed by atoms with Gasteiger partial charge in [0.15, 0.2) is 0 Å². The van der Waals surface area contributed by atoms with Gasteiger partial charge in [-0.05, 0) is 74.3 Å². The van der Waals surface area contributed by atoms with E-state index in [-0.39, 0.29) is 11.7 Å². The molecule has 0 aliphatic carbocycles. The Kier molecular flexibility index (Phi) is 14.9. The predicted molar refractivity (Wildman–Crippen MR) is 139 cm³/mol. The molecule has 1 N–H and O–H groups in total. The Hall–Kier alpha value is -3.64. The van der Waals surface area contributed by atoms with Crippen LogP contribution in [0, 0.1) is 5.82 Å². The molecular weight excluding hydrogens is 443 g/mol. The fourth-order valence-corrected chi connectivity index (χ4v) is 3.43. The lowest BCUT2D eigenvalue weighted by molar-refractivity contribution is -0.119. The zero-order valence-electron chi connectivity index (χ0n) is 20.5. The number of nitrogens with one attached hydrogen (secondary N) is 1. The van der Waals surface area contributed by atoms with Crippen LogP contribution in [0.1, 0.15) is 47.2 Å². The van der Waals surface area contributed by atoms with Crippen molar-refractivity contribution in [3.8, 4) is 0 Å². The quantitative estimate of drug-likeness (QED) is 0.519. The largest absolute Gasteiger partial charge is 0.352 e. The predicted octanol–water partition coefficient (Wildman–Crippen LogP) is 5.27. The number of rotatable bonds is 4. The number of halogens is 1. The molecular formula is C29H35FN2O3. The minimum Gasteiger partial charge on any atom is -0.352 e. The molecule has 0 spiro atoms. The van der Waals surface area contributed by atoms with Crippen LogP contribution in [-0.2, 0) is 16.1 Å². The molecule has 0 unspecified atom stereocenters. The maximum Gasteiger partial charge on any atom is 0.217 e. The van der Waals surface area contributed by atoms with Crippen molar-refractivity contribution in [2.45, 2.75) is 32.2 Å². The van der Waals surface area contributed by atoms with E-state index in [1.54, 1.807) is 0 Å². The van der Waals surface area contributed by atoms with E-state index in [1.165, 1.54) is 62.7 Å². The average Bonchev–Trinajstić information content (AvgIpc) is 2.91. The number of likely N-dealkylation sites (tertiary alicyclic amines) is 1. The minimum atomic E-state index is -0.319. The normalized spacial score (nSPS) is 12.9. The van der Waals surface area contributed by atoms with Crippen LogP contribution in [0.5, 0.6) is 0 Å². The van der Waals surface area contributed by atoms with Gasteiger partial charge >= 0.3 is 0 Å².